The van der Waals surface area contributed by atoms with Crippen LogP contribution in [0.25, 0.3) is 112 Å². The molecule has 0 spiro atoms. The summed E-state index contributed by atoms with van der Waals surface area (Å²) in [5.74, 6) is 0.963. The van der Waals surface area contributed by atoms with E-state index in [2.05, 4.69) is 379 Å². The molecule has 14 rings (SSSR count). The molecule has 5 heterocycles. The third-order valence-electron chi connectivity index (χ3n) is 22.3. The Morgan fingerprint density at radius 1 is 0.252 bits per heavy atom. The maximum atomic E-state index is 11.1. The van der Waals surface area contributed by atoms with Crippen LogP contribution < -0.4 is 15.0 Å². The molecular formula is C103H111FeN8O2S-3. The summed E-state index contributed by atoms with van der Waals surface area (Å²) >= 11 is 2.99. The SMILES string of the molecule is CC(C)(C)c1ccc(C2=C(c3ccc(C(C)(C)C)cc3)c3nc2nc2[n-]c(nc4[n-]c(c(-c5ccc(C(C)(C)C)cc5)c4-c4ccc(C(C)(C)C)cc4)c4[n-]c(n3)c(-c3ccc(C(C)(C)C)cc3)c4-c3ccc(C(C)(C)C)cc3)c(-c3ccc(C(C)(C)C)cc3)c2-c2ccc(C(C)(C)C)cc2)cc1.Cc1ccc(S(=O)(=O)[N]=[Fe])cc1. The molecule has 12 heteroatoms. The molecule has 0 atom stereocenters. The van der Waals surface area contributed by atoms with Crippen molar-refractivity contribution in [3.63, 3.8) is 0 Å². The molecule has 10 nitrogen and oxygen atoms in total. The summed E-state index contributed by atoms with van der Waals surface area (Å²) in [6, 6.07) is 78.8. The van der Waals surface area contributed by atoms with Gasteiger partial charge in [0, 0.05) is 22.4 Å². The average Bonchev–Trinajstić information content (AvgIpc) is 1.57. The number of aryl methyl sites for hydroxylation is 1. The molecule has 8 bridgehead atoms. The van der Waals surface area contributed by atoms with Crippen molar-refractivity contribution in [2.24, 2.45) is 3.37 Å². The van der Waals surface area contributed by atoms with Crippen LogP contribution in [0.4, 0.5) is 0 Å². The Morgan fingerprint density at radius 2 is 0.452 bits per heavy atom. The first-order valence-corrected chi connectivity index (χ1v) is 42.1. The fourth-order valence-corrected chi connectivity index (χ4v) is 15.8. The first-order valence-electron chi connectivity index (χ1n) is 40.2. The molecule has 1 aliphatic heterocycles. The van der Waals surface area contributed by atoms with E-state index in [0.29, 0.717) is 45.3 Å². The van der Waals surface area contributed by atoms with E-state index in [9.17, 15) is 8.42 Å². The van der Waals surface area contributed by atoms with E-state index in [1.807, 2.05) is 6.92 Å². The number of rotatable bonds is 10. The van der Waals surface area contributed by atoms with Gasteiger partial charge in [-0.1, -0.05) is 360 Å². The van der Waals surface area contributed by atoms with E-state index < -0.39 is 10.0 Å². The van der Waals surface area contributed by atoms with Crippen molar-refractivity contribution in [1.82, 2.24) is 34.9 Å². The van der Waals surface area contributed by atoms with Gasteiger partial charge in [0.15, 0.2) is 0 Å². The van der Waals surface area contributed by atoms with E-state index in [1.165, 1.54) is 56.6 Å². The van der Waals surface area contributed by atoms with Crippen molar-refractivity contribution < 1.29 is 24.2 Å². The predicted octanol–water partition coefficient (Wildman–Crippen LogP) is 26.4. The molecule has 9 aromatic carbocycles. The van der Waals surface area contributed by atoms with Gasteiger partial charge in [0.25, 0.3) is 0 Å². The van der Waals surface area contributed by atoms with Gasteiger partial charge in [0.1, 0.15) is 0 Å². The summed E-state index contributed by atoms with van der Waals surface area (Å²) in [6.45, 7) is 56.3. The van der Waals surface area contributed by atoms with Gasteiger partial charge in [0.05, 0.1) is 11.6 Å². The van der Waals surface area contributed by atoms with E-state index in [4.69, 9.17) is 34.9 Å². The molecule has 115 heavy (non-hydrogen) atoms. The van der Waals surface area contributed by atoms with Crippen LogP contribution in [0.5, 0.6) is 0 Å². The zero-order valence-electron chi connectivity index (χ0n) is 71.9. The quantitative estimate of drug-likeness (QED) is 0.122. The zero-order chi connectivity index (χ0) is 83.2. The first kappa shape index (κ1) is 82.7. The zero-order valence-corrected chi connectivity index (χ0v) is 73.9. The third kappa shape index (κ3) is 17.4. The van der Waals surface area contributed by atoms with Crippen LogP contribution in [0.3, 0.4) is 0 Å². The molecule has 592 valence electrons. The molecule has 0 fully saturated rings. The Morgan fingerprint density at radius 3 is 0.687 bits per heavy atom. The summed E-state index contributed by atoms with van der Waals surface area (Å²) in [5, 5.41) is 0. The Hall–Kier alpha value is -10.2. The fraction of sp³-hybridized carbons (Fsp3) is 0.320. The van der Waals surface area contributed by atoms with Crippen LogP contribution in [0, 0.1) is 6.92 Å². The minimum absolute atomic E-state index is 0.110. The van der Waals surface area contributed by atoms with Gasteiger partial charge in [-0.05, 0) is 188 Å². The number of nitrogens with zero attached hydrogens (tertiary/aromatic N) is 8. The molecule has 0 saturated carbocycles. The summed E-state index contributed by atoms with van der Waals surface area (Å²) in [7, 11) is -3.50. The van der Waals surface area contributed by atoms with Gasteiger partial charge < -0.3 is 29.9 Å². The average molecular weight is 1580 g/mol. The van der Waals surface area contributed by atoms with Gasteiger partial charge in [-0.2, -0.15) is 0 Å². The van der Waals surface area contributed by atoms with Crippen LogP contribution in [-0.4, -0.2) is 28.4 Å². The molecule has 0 unspecified atom stereocenters. The topological polar surface area (TPSA) is 140 Å². The normalized spacial score (nSPS) is 13.2. The predicted molar refractivity (Wildman–Crippen MR) is 477 cm³/mol. The Kier molecular flexibility index (Phi) is 21.9. The van der Waals surface area contributed by atoms with Crippen molar-refractivity contribution in [3.05, 3.63) is 291 Å². The first-order chi connectivity index (χ1) is 53.6. The molecule has 0 radical (unpaired) electrons. The van der Waals surface area contributed by atoms with Gasteiger partial charge in [0.2, 0.25) is 0 Å². The number of hydrogen-bond donors (Lipinski definition) is 0. The molecule has 0 aliphatic carbocycles. The third-order valence-corrected chi connectivity index (χ3v) is 24.1. The van der Waals surface area contributed by atoms with Gasteiger partial charge in [-0.3, -0.25) is 0 Å². The number of hydrogen-bond acceptors (Lipinski definition) is 6. The number of fused-ring (bicyclic) bond motifs is 9. The molecular weight excluding hydrogens is 1470 g/mol. The van der Waals surface area contributed by atoms with E-state index in [-0.39, 0.29) is 48.2 Å². The van der Waals surface area contributed by atoms with Crippen molar-refractivity contribution in [3.8, 4) is 66.8 Å². The van der Waals surface area contributed by atoms with Crippen LogP contribution in [0.15, 0.2) is 227 Å². The molecule has 0 amide bonds. The number of sulfonamides is 1. The summed E-state index contributed by atoms with van der Waals surface area (Å²) in [5.41, 5.74) is 27.8. The molecule has 13 aromatic rings. The Bertz CT molecular complexity index is 6090. The minimum atomic E-state index is -3.50. The van der Waals surface area contributed by atoms with Crippen molar-refractivity contribution in [2.45, 2.75) is 221 Å². The van der Waals surface area contributed by atoms with E-state index >= 15 is 0 Å². The summed E-state index contributed by atoms with van der Waals surface area (Å²) in [6.07, 6.45) is 0. The second-order valence-electron chi connectivity index (χ2n) is 39.4. The van der Waals surface area contributed by atoms with Crippen molar-refractivity contribution in [1.29, 1.82) is 0 Å². The number of aromatic nitrogens is 7. The Labute approximate surface area is 691 Å². The molecule has 0 N–H and O–H groups in total. The Balaban J connectivity index is 0.000000880. The van der Waals surface area contributed by atoms with Crippen LogP contribution in [0.2, 0.25) is 0 Å². The fourth-order valence-electron chi connectivity index (χ4n) is 14.9. The van der Waals surface area contributed by atoms with E-state index in [1.54, 1.807) is 12.1 Å². The van der Waals surface area contributed by atoms with Crippen molar-refractivity contribution >= 4 is 54.8 Å². The second-order valence-corrected chi connectivity index (χ2v) is 41.5. The summed E-state index contributed by atoms with van der Waals surface area (Å²) in [4.78, 5) is 42.1. The monoisotopic (exact) mass is 1580 g/mol. The molecule has 0 saturated heterocycles. The van der Waals surface area contributed by atoms with Crippen LogP contribution in [-0.2, 0) is 69.2 Å². The van der Waals surface area contributed by atoms with Crippen molar-refractivity contribution in [2.75, 3.05) is 0 Å². The maximum absolute atomic E-state index is 11.1. The van der Waals surface area contributed by atoms with E-state index in [0.717, 1.165) is 94.6 Å². The molecule has 4 aromatic heterocycles. The van der Waals surface area contributed by atoms with Gasteiger partial charge in [-0.25, -0.2) is 4.98 Å². The van der Waals surface area contributed by atoms with Crippen LogP contribution >= 0.6 is 0 Å². The van der Waals surface area contributed by atoms with Gasteiger partial charge in [-0.15, -0.1) is 0 Å². The second kappa shape index (κ2) is 30.4. The number of benzene rings is 9. The van der Waals surface area contributed by atoms with Crippen LogP contribution in [0.1, 0.15) is 239 Å². The van der Waals surface area contributed by atoms with Gasteiger partial charge >= 0.3 is 79.3 Å². The molecule has 1 aliphatic rings. The summed E-state index contributed by atoms with van der Waals surface area (Å²) < 4.78 is 25.2. The standard InChI is InChI=1S/C96H104N7.C7H7NO2S.Fe/c1-89(2,3)65-41-25-57(26-42-65)73-75(59-29-45-67(46-30-59)91(7,8)9)83-97-81(73)82-74(58-27-43-66(44-28-58)90(4,5)6)76(60-31-47-68(48-32-60)92(10,11)12)84(98-82)100-86-78(62-35-51-70(52-36-62)94(16,17)18)80(64-39-55-72(56-40-64)96(22,23)24)88(102-86)103-87-79(63-37-53-71(54-38-63)95(19,20)21)77(85(99-83)101-87)61-33-49-69(50-34-61)93(13,14)15;1-6-2-4-7(5-3-6)11(8,9)10;/h25-56H,1-24H3;2-5H,1H3;/q-3;;.